The molecule has 5 rings (SSSR count). The first-order chi connectivity index (χ1) is 12.9. The molecule has 4 fully saturated rings. The van der Waals surface area contributed by atoms with Gasteiger partial charge in [-0.3, -0.25) is 4.79 Å². The number of hydrogen-bond acceptors (Lipinski definition) is 4. The van der Waals surface area contributed by atoms with Crippen molar-refractivity contribution in [2.24, 2.45) is 28.6 Å². The Bertz CT molecular complexity index is 667. The molecule has 6 unspecified atom stereocenters. The second-order valence-electron chi connectivity index (χ2n) is 10.2. The van der Waals surface area contributed by atoms with Gasteiger partial charge in [0.15, 0.2) is 0 Å². The Kier molecular flexibility index (Phi) is 4.52. The number of carbonyl (C=O) groups is 1. The standard InChI is InChI=1S/C23H34O2S2/c1-15(24)25-17-6-9-21(2)16(14-17)4-5-18-19(21)7-10-22(3)20(18)8-11-23(22)26-12-13-27-23/h4,17-20H,5-14H2,1-3H3. The summed E-state index contributed by atoms with van der Waals surface area (Å²) in [6.07, 6.45) is 12.9. The molecule has 3 saturated carbocycles. The third-order valence-electron chi connectivity index (χ3n) is 9.19. The highest BCUT2D eigenvalue weighted by molar-refractivity contribution is 8.21. The predicted molar refractivity (Wildman–Crippen MR) is 115 cm³/mol. The van der Waals surface area contributed by atoms with E-state index in [2.05, 4.69) is 43.4 Å². The van der Waals surface area contributed by atoms with Crippen LogP contribution in [0.4, 0.5) is 0 Å². The van der Waals surface area contributed by atoms with Crippen molar-refractivity contribution in [1.82, 2.24) is 0 Å². The molecule has 0 amide bonds. The lowest BCUT2D eigenvalue weighted by atomic mass is 9.48. The molecule has 4 heteroatoms. The average molecular weight is 407 g/mol. The minimum Gasteiger partial charge on any atom is -0.462 e. The first-order valence-electron chi connectivity index (χ1n) is 11.0. The van der Waals surface area contributed by atoms with Crippen LogP contribution >= 0.6 is 23.5 Å². The van der Waals surface area contributed by atoms with E-state index in [4.69, 9.17) is 4.74 Å². The number of esters is 1. The second kappa shape index (κ2) is 6.45. The monoisotopic (exact) mass is 406 g/mol. The molecule has 1 saturated heterocycles. The number of thioether (sulfide) groups is 2. The zero-order chi connectivity index (χ0) is 18.9. The maximum absolute atomic E-state index is 11.4. The van der Waals surface area contributed by atoms with Gasteiger partial charge in [-0.15, -0.1) is 23.5 Å². The first-order valence-corrected chi connectivity index (χ1v) is 13.0. The lowest BCUT2D eigenvalue weighted by Gasteiger charge is -2.59. The molecule has 0 aromatic rings. The Hall–Kier alpha value is -0.0900. The van der Waals surface area contributed by atoms with E-state index in [1.165, 1.54) is 50.0 Å². The van der Waals surface area contributed by atoms with Crippen LogP contribution in [0.2, 0.25) is 0 Å². The van der Waals surface area contributed by atoms with Gasteiger partial charge in [-0.05, 0) is 73.5 Å². The summed E-state index contributed by atoms with van der Waals surface area (Å²) in [5.74, 6) is 5.24. The largest absolute Gasteiger partial charge is 0.462 e. The maximum Gasteiger partial charge on any atom is 0.302 e. The zero-order valence-corrected chi connectivity index (χ0v) is 18.7. The first kappa shape index (κ1) is 18.9. The van der Waals surface area contributed by atoms with Gasteiger partial charge in [0.2, 0.25) is 0 Å². The second-order valence-corrected chi connectivity index (χ2v) is 13.2. The molecule has 1 aliphatic heterocycles. The Morgan fingerprint density at radius 1 is 1.07 bits per heavy atom. The van der Waals surface area contributed by atoms with Crippen molar-refractivity contribution in [3.05, 3.63) is 11.6 Å². The molecule has 0 N–H and O–H groups in total. The molecule has 6 atom stereocenters. The van der Waals surface area contributed by atoms with Gasteiger partial charge in [-0.25, -0.2) is 0 Å². The van der Waals surface area contributed by atoms with Crippen LogP contribution in [0.15, 0.2) is 11.6 Å². The lowest BCUT2D eigenvalue weighted by molar-refractivity contribution is -0.148. The summed E-state index contributed by atoms with van der Waals surface area (Å²) in [6.45, 7) is 6.76. The summed E-state index contributed by atoms with van der Waals surface area (Å²) < 4.78 is 6.11. The van der Waals surface area contributed by atoms with Gasteiger partial charge < -0.3 is 4.74 Å². The van der Waals surface area contributed by atoms with Crippen molar-refractivity contribution in [2.45, 2.75) is 82.3 Å². The van der Waals surface area contributed by atoms with Crippen molar-refractivity contribution in [3.8, 4) is 0 Å². The Morgan fingerprint density at radius 3 is 2.56 bits per heavy atom. The Balaban J connectivity index is 1.41. The van der Waals surface area contributed by atoms with Crippen LogP contribution in [0.3, 0.4) is 0 Å². The number of allylic oxidation sites excluding steroid dienone is 1. The molecule has 0 aromatic heterocycles. The van der Waals surface area contributed by atoms with E-state index in [0.29, 0.717) is 14.9 Å². The number of hydrogen-bond donors (Lipinski definition) is 0. The average Bonchev–Trinajstić information content (AvgIpc) is 3.21. The fraction of sp³-hybridized carbons (Fsp3) is 0.870. The van der Waals surface area contributed by atoms with Gasteiger partial charge in [-0.2, -0.15) is 0 Å². The molecule has 2 nitrogen and oxygen atoms in total. The van der Waals surface area contributed by atoms with Crippen LogP contribution in [0.5, 0.6) is 0 Å². The van der Waals surface area contributed by atoms with E-state index in [1.807, 2.05) is 0 Å². The van der Waals surface area contributed by atoms with Crippen LogP contribution in [0.25, 0.3) is 0 Å². The normalized spacial score (nSPS) is 47.7. The number of fused-ring (bicyclic) bond motifs is 6. The third kappa shape index (κ3) is 2.64. The smallest absolute Gasteiger partial charge is 0.302 e. The zero-order valence-electron chi connectivity index (χ0n) is 17.1. The highest BCUT2D eigenvalue weighted by Gasteiger charge is 2.65. The molecular formula is C23H34O2S2. The van der Waals surface area contributed by atoms with E-state index in [-0.39, 0.29) is 12.1 Å². The van der Waals surface area contributed by atoms with Gasteiger partial charge in [0.1, 0.15) is 6.10 Å². The summed E-state index contributed by atoms with van der Waals surface area (Å²) >= 11 is 4.61. The number of rotatable bonds is 1. The van der Waals surface area contributed by atoms with Gasteiger partial charge in [0, 0.05) is 24.9 Å². The summed E-state index contributed by atoms with van der Waals surface area (Å²) in [5.41, 5.74) is 2.51. The maximum atomic E-state index is 11.4. The molecule has 1 spiro atoms. The van der Waals surface area contributed by atoms with Gasteiger partial charge in [0.25, 0.3) is 0 Å². The molecule has 150 valence electrons. The molecular weight excluding hydrogens is 372 g/mol. The third-order valence-corrected chi connectivity index (χ3v) is 13.2. The van der Waals surface area contributed by atoms with Crippen molar-refractivity contribution in [2.75, 3.05) is 11.5 Å². The highest BCUT2D eigenvalue weighted by Crippen LogP contribution is 2.73. The molecule has 1 heterocycles. The lowest BCUT2D eigenvalue weighted by Crippen LogP contribution is -2.52. The van der Waals surface area contributed by atoms with E-state index >= 15 is 0 Å². The number of carbonyl (C=O) groups excluding carboxylic acids is 1. The topological polar surface area (TPSA) is 26.3 Å². The van der Waals surface area contributed by atoms with E-state index < -0.39 is 0 Å². The highest BCUT2D eigenvalue weighted by atomic mass is 32.2. The van der Waals surface area contributed by atoms with Crippen LogP contribution in [-0.2, 0) is 9.53 Å². The van der Waals surface area contributed by atoms with Crippen molar-refractivity contribution >= 4 is 29.5 Å². The Morgan fingerprint density at radius 2 is 1.81 bits per heavy atom. The van der Waals surface area contributed by atoms with Crippen molar-refractivity contribution in [3.63, 3.8) is 0 Å². The van der Waals surface area contributed by atoms with Gasteiger partial charge >= 0.3 is 5.97 Å². The Labute approximate surface area is 173 Å². The molecule has 0 bridgehead atoms. The van der Waals surface area contributed by atoms with E-state index in [9.17, 15) is 4.79 Å². The van der Waals surface area contributed by atoms with E-state index in [0.717, 1.165) is 30.6 Å². The summed E-state index contributed by atoms with van der Waals surface area (Å²) in [5, 5.41) is 0. The minimum atomic E-state index is -0.117. The summed E-state index contributed by atoms with van der Waals surface area (Å²) in [7, 11) is 0. The fourth-order valence-corrected chi connectivity index (χ4v) is 11.7. The molecule has 4 aliphatic carbocycles. The van der Waals surface area contributed by atoms with E-state index in [1.54, 1.807) is 12.5 Å². The molecule has 0 aromatic carbocycles. The van der Waals surface area contributed by atoms with Crippen LogP contribution in [0, 0.1) is 28.6 Å². The van der Waals surface area contributed by atoms with Gasteiger partial charge in [0.05, 0.1) is 4.08 Å². The molecule has 5 aliphatic rings. The minimum absolute atomic E-state index is 0.117. The van der Waals surface area contributed by atoms with Crippen LogP contribution in [0.1, 0.15) is 72.1 Å². The number of ether oxygens (including phenoxy) is 1. The summed E-state index contributed by atoms with van der Waals surface area (Å²) in [4.78, 5) is 11.4. The molecule has 0 radical (unpaired) electrons. The summed E-state index contributed by atoms with van der Waals surface area (Å²) in [6, 6.07) is 0. The van der Waals surface area contributed by atoms with Gasteiger partial charge in [-0.1, -0.05) is 25.5 Å². The van der Waals surface area contributed by atoms with Crippen molar-refractivity contribution in [1.29, 1.82) is 0 Å². The predicted octanol–water partition coefficient (Wildman–Crippen LogP) is 6.06. The van der Waals surface area contributed by atoms with Crippen LogP contribution < -0.4 is 0 Å². The quantitative estimate of drug-likeness (QED) is 0.391. The van der Waals surface area contributed by atoms with Crippen molar-refractivity contribution < 1.29 is 9.53 Å². The van der Waals surface area contributed by atoms with Crippen LogP contribution in [-0.4, -0.2) is 27.7 Å². The molecule has 27 heavy (non-hydrogen) atoms. The fourth-order valence-electron chi connectivity index (χ4n) is 7.85. The SMILES string of the molecule is CC(=O)OC1CCC2(C)C(=CCC3C2CCC2(C)C3CCC23SCCS3)C1.